The van der Waals surface area contributed by atoms with Crippen molar-refractivity contribution >= 4 is 17.6 Å². The maximum absolute atomic E-state index is 13.4. The first-order valence-electron chi connectivity index (χ1n) is 11.8. The second-order valence-corrected chi connectivity index (χ2v) is 9.31. The van der Waals surface area contributed by atoms with Gasteiger partial charge in [0, 0.05) is 12.1 Å². The van der Waals surface area contributed by atoms with Crippen molar-refractivity contribution in [2.24, 2.45) is 0 Å². The number of allylic oxidation sites excluding steroid dienone is 1. The molecule has 1 aliphatic carbocycles. The number of rotatable bonds is 6. The summed E-state index contributed by atoms with van der Waals surface area (Å²) in [5.41, 5.74) is 2.67. The molecule has 0 spiro atoms. The Hall–Kier alpha value is -3.49. The van der Waals surface area contributed by atoms with Crippen molar-refractivity contribution in [3.63, 3.8) is 0 Å². The van der Waals surface area contributed by atoms with E-state index in [0.29, 0.717) is 35.3 Å². The van der Waals surface area contributed by atoms with Gasteiger partial charge in [-0.2, -0.15) is 13.2 Å². The molecule has 2 aromatic carbocycles. The van der Waals surface area contributed by atoms with E-state index in [1.807, 2.05) is 0 Å². The van der Waals surface area contributed by atoms with E-state index in [-0.39, 0.29) is 12.1 Å². The van der Waals surface area contributed by atoms with Gasteiger partial charge in [0.15, 0.2) is 0 Å². The van der Waals surface area contributed by atoms with Crippen LogP contribution >= 0.6 is 0 Å². The van der Waals surface area contributed by atoms with Crippen LogP contribution in [0.15, 0.2) is 42.0 Å². The first-order valence-corrected chi connectivity index (χ1v) is 11.8. The number of aryl methyl sites for hydroxylation is 1. The van der Waals surface area contributed by atoms with Crippen molar-refractivity contribution in [1.82, 2.24) is 4.90 Å². The summed E-state index contributed by atoms with van der Waals surface area (Å²) < 4.78 is 51.2. The molecule has 1 N–H and O–H groups in total. The first kappa shape index (κ1) is 25.6. The number of aromatic carboxylic acids is 1. The molecule has 2 aromatic rings. The quantitative estimate of drug-likeness (QED) is 0.479. The highest BCUT2D eigenvalue weighted by atomic mass is 19.4. The molecule has 9 heteroatoms. The summed E-state index contributed by atoms with van der Waals surface area (Å²) in [5.74, 6) is -0.503. The molecule has 192 valence electrons. The number of carboxylic acid groups (broad SMARTS) is 1. The number of hydrogen-bond donors (Lipinski definition) is 1. The lowest BCUT2D eigenvalue weighted by molar-refractivity contribution is -0.137. The van der Waals surface area contributed by atoms with E-state index in [2.05, 4.69) is 0 Å². The highest BCUT2D eigenvalue weighted by molar-refractivity contribution is 5.90. The Bertz CT molecular complexity index is 1220. The SMILES string of the molecule is COc1ccc(C(=O)O)cc1C1=C(CN2C(=O)O[C@H](c3cc(C)cc(C(F)(F)F)c3)[C@@H]2C)CCCC1. The standard InChI is InChI=1S/C27H28F3NO5/c1-15-10-19(12-20(11-15)27(28,29)30)24-16(2)31(26(34)36-24)14-18-6-4-5-7-21(18)22-13-17(25(32)33)8-9-23(22)35-3/h8-13,16,24H,4-7,14H2,1-3H3,(H,32,33)/t16-,24-/m0/s1. The van der Waals surface area contributed by atoms with E-state index < -0.39 is 35.9 Å². The van der Waals surface area contributed by atoms with Crippen LogP contribution in [0.3, 0.4) is 0 Å². The molecule has 1 heterocycles. The largest absolute Gasteiger partial charge is 0.496 e. The van der Waals surface area contributed by atoms with Gasteiger partial charge in [0.05, 0.1) is 24.3 Å². The average Bonchev–Trinajstić information content (AvgIpc) is 3.11. The Balaban J connectivity index is 1.67. The number of carbonyl (C=O) groups is 2. The lowest BCUT2D eigenvalue weighted by atomic mass is 9.86. The lowest BCUT2D eigenvalue weighted by Crippen LogP contribution is -2.34. The van der Waals surface area contributed by atoms with Crippen LogP contribution in [0.4, 0.5) is 18.0 Å². The van der Waals surface area contributed by atoms with Gasteiger partial charge >= 0.3 is 18.2 Å². The number of nitrogens with zero attached hydrogens (tertiary/aromatic N) is 1. The number of alkyl halides is 3. The van der Waals surface area contributed by atoms with Crippen molar-refractivity contribution < 1.29 is 37.3 Å². The van der Waals surface area contributed by atoms with E-state index in [1.54, 1.807) is 32.0 Å². The summed E-state index contributed by atoms with van der Waals surface area (Å²) in [6, 6.07) is 7.91. The van der Waals surface area contributed by atoms with Gasteiger partial charge < -0.3 is 14.6 Å². The molecule has 1 aliphatic heterocycles. The zero-order valence-corrected chi connectivity index (χ0v) is 20.3. The molecule has 1 amide bonds. The third kappa shape index (κ3) is 5.05. The molecule has 4 rings (SSSR count). The molecule has 36 heavy (non-hydrogen) atoms. The lowest BCUT2D eigenvalue weighted by Gasteiger charge is -2.27. The predicted molar refractivity (Wildman–Crippen MR) is 127 cm³/mol. The zero-order chi connectivity index (χ0) is 26.2. The molecule has 0 unspecified atom stereocenters. The summed E-state index contributed by atoms with van der Waals surface area (Å²) in [5, 5.41) is 9.47. The molecular formula is C27H28F3NO5. The summed E-state index contributed by atoms with van der Waals surface area (Å²) in [6.07, 6.45) is -2.71. The second kappa shape index (κ2) is 9.87. The minimum absolute atomic E-state index is 0.136. The Kier molecular flexibility index (Phi) is 7.02. The van der Waals surface area contributed by atoms with Crippen LogP contribution in [-0.4, -0.2) is 41.8 Å². The molecule has 6 nitrogen and oxygen atoms in total. The van der Waals surface area contributed by atoms with Gasteiger partial charge in [0.1, 0.15) is 11.9 Å². The van der Waals surface area contributed by atoms with Gasteiger partial charge in [-0.15, -0.1) is 0 Å². The van der Waals surface area contributed by atoms with E-state index in [9.17, 15) is 27.9 Å². The molecule has 1 fully saturated rings. The Labute approximate surface area is 207 Å². The minimum Gasteiger partial charge on any atom is -0.496 e. The zero-order valence-electron chi connectivity index (χ0n) is 20.3. The molecule has 2 atom stereocenters. The van der Waals surface area contributed by atoms with Gasteiger partial charge in [0.2, 0.25) is 0 Å². The number of carboxylic acids is 1. The van der Waals surface area contributed by atoms with Crippen LogP contribution < -0.4 is 4.74 Å². The second-order valence-electron chi connectivity index (χ2n) is 9.31. The normalized spacial score (nSPS) is 20.5. The molecule has 0 aromatic heterocycles. The van der Waals surface area contributed by atoms with Crippen molar-refractivity contribution in [2.75, 3.05) is 13.7 Å². The summed E-state index contributed by atoms with van der Waals surface area (Å²) >= 11 is 0. The van der Waals surface area contributed by atoms with Crippen LogP contribution in [0.5, 0.6) is 5.75 Å². The number of cyclic esters (lactones) is 1. The maximum atomic E-state index is 13.4. The van der Waals surface area contributed by atoms with Crippen LogP contribution in [0.2, 0.25) is 0 Å². The third-order valence-corrected chi connectivity index (χ3v) is 6.86. The number of carbonyl (C=O) groups excluding carboxylic acids is 1. The fraction of sp³-hybridized carbons (Fsp3) is 0.407. The Morgan fingerprint density at radius 3 is 2.56 bits per heavy atom. The van der Waals surface area contributed by atoms with Gasteiger partial charge in [0.25, 0.3) is 0 Å². The average molecular weight is 504 g/mol. The van der Waals surface area contributed by atoms with Crippen molar-refractivity contribution in [1.29, 1.82) is 0 Å². The van der Waals surface area contributed by atoms with Crippen molar-refractivity contribution in [3.8, 4) is 5.75 Å². The van der Waals surface area contributed by atoms with E-state index >= 15 is 0 Å². The molecule has 0 radical (unpaired) electrons. The van der Waals surface area contributed by atoms with Crippen molar-refractivity contribution in [3.05, 3.63) is 69.8 Å². The number of hydrogen-bond acceptors (Lipinski definition) is 4. The highest BCUT2D eigenvalue weighted by Crippen LogP contribution is 2.41. The van der Waals surface area contributed by atoms with Gasteiger partial charge in [-0.25, -0.2) is 9.59 Å². The van der Waals surface area contributed by atoms with Crippen LogP contribution in [0.25, 0.3) is 5.57 Å². The van der Waals surface area contributed by atoms with Crippen LogP contribution in [-0.2, 0) is 10.9 Å². The molecule has 1 saturated heterocycles. The van der Waals surface area contributed by atoms with Gasteiger partial charge in [-0.1, -0.05) is 11.6 Å². The van der Waals surface area contributed by atoms with E-state index in [0.717, 1.165) is 36.1 Å². The van der Waals surface area contributed by atoms with Crippen LogP contribution in [0, 0.1) is 6.92 Å². The Morgan fingerprint density at radius 2 is 1.89 bits per heavy atom. The van der Waals surface area contributed by atoms with Crippen molar-refractivity contribution in [2.45, 2.75) is 57.9 Å². The topological polar surface area (TPSA) is 76.1 Å². The molecular weight excluding hydrogens is 475 g/mol. The number of methoxy groups -OCH3 is 1. The molecule has 2 aliphatic rings. The van der Waals surface area contributed by atoms with E-state index in [1.165, 1.54) is 18.1 Å². The smallest absolute Gasteiger partial charge is 0.416 e. The maximum Gasteiger partial charge on any atom is 0.416 e. The fourth-order valence-electron chi connectivity index (χ4n) is 5.05. The Morgan fingerprint density at radius 1 is 1.17 bits per heavy atom. The fourth-order valence-corrected chi connectivity index (χ4v) is 5.05. The number of amides is 1. The third-order valence-electron chi connectivity index (χ3n) is 6.86. The number of benzene rings is 2. The first-order chi connectivity index (χ1) is 17.0. The summed E-state index contributed by atoms with van der Waals surface area (Å²) in [6.45, 7) is 3.58. The van der Waals surface area contributed by atoms with E-state index in [4.69, 9.17) is 9.47 Å². The summed E-state index contributed by atoms with van der Waals surface area (Å²) in [4.78, 5) is 26.0. The number of ether oxygens (including phenoxy) is 2. The molecule has 0 saturated carbocycles. The number of halogens is 3. The van der Waals surface area contributed by atoms with Gasteiger partial charge in [-0.3, -0.25) is 4.90 Å². The molecule has 0 bridgehead atoms. The predicted octanol–water partition coefficient (Wildman–Crippen LogP) is 6.63. The summed E-state index contributed by atoms with van der Waals surface area (Å²) in [7, 11) is 1.52. The highest BCUT2D eigenvalue weighted by Gasteiger charge is 2.41. The van der Waals surface area contributed by atoms with Gasteiger partial charge in [-0.05, 0) is 86.6 Å². The monoisotopic (exact) mass is 503 g/mol. The van der Waals surface area contributed by atoms with Crippen LogP contribution in [0.1, 0.15) is 71.3 Å². The minimum atomic E-state index is -4.50.